The number of carbonyl (C=O) groups is 2. The fourth-order valence-corrected chi connectivity index (χ4v) is 3.75. The second kappa shape index (κ2) is 8.71. The second-order valence-corrected chi connectivity index (χ2v) is 8.03. The molecule has 4 aromatic heterocycles. The van der Waals surface area contributed by atoms with Gasteiger partial charge < -0.3 is 15.0 Å². The molecule has 0 aromatic carbocycles. The summed E-state index contributed by atoms with van der Waals surface area (Å²) in [6, 6.07) is 3.29. The van der Waals surface area contributed by atoms with Crippen molar-refractivity contribution in [1.29, 1.82) is 0 Å². The first-order chi connectivity index (χ1) is 16.4. The maximum absolute atomic E-state index is 13.2. The highest BCUT2D eigenvalue weighted by molar-refractivity contribution is 6.30. The van der Waals surface area contributed by atoms with Crippen LogP contribution in [0.2, 0.25) is 5.02 Å². The Hall–Kier alpha value is -4.06. The van der Waals surface area contributed by atoms with Crippen molar-refractivity contribution in [3.05, 3.63) is 53.7 Å². The van der Waals surface area contributed by atoms with Gasteiger partial charge in [-0.2, -0.15) is 10.2 Å². The van der Waals surface area contributed by atoms with Crippen LogP contribution in [0.15, 0.2) is 43.1 Å². The van der Waals surface area contributed by atoms with Gasteiger partial charge in [0, 0.05) is 24.8 Å². The van der Waals surface area contributed by atoms with Crippen LogP contribution in [-0.4, -0.2) is 72.4 Å². The molecule has 2 amide bonds. The predicted molar refractivity (Wildman–Crippen MR) is 119 cm³/mol. The van der Waals surface area contributed by atoms with Gasteiger partial charge in [0.25, 0.3) is 5.91 Å². The number of hydrogen-bond acceptors (Lipinski definition) is 7. The summed E-state index contributed by atoms with van der Waals surface area (Å²) >= 11 is 6.15. The van der Waals surface area contributed by atoms with Crippen molar-refractivity contribution in [2.24, 2.45) is 0 Å². The lowest BCUT2D eigenvalue weighted by molar-refractivity contribution is -0.139. The van der Waals surface area contributed by atoms with E-state index in [1.54, 1.807) is 24.5 Å². The lowest BCUT2D eigenvalue weighted by Crippen LogP contribution is -2.52. The minimum absolute atomic E-state index is 0.0598. The average molecular weight is 485 g/mol. The first-order valence-corrected chi connectivity index (χ1v) is 10.6. The van der Waals surface area contributed by atoms with Crippen LogP contribution >= 0.6 is 11.6 Å². The molecule has 0 spiro atoms. The Bertz CT molecular complexity index is 1400. The SMILES string of the molecule is COc1ncc(Cl)cc1-c1nn(CC(=O)N2CC(F)C2)cc1NC(=O)c1cnn2cccnc12. The molecular formula is C21H18ClFN8O3. The van der Waals surface area contributed by atoms with Gasteiger partial charge >= 0.3 is 0 Å². The van der Waals surface area contributed by atoms with Gasteiger partial charge in [-0.1, -0.05) is 11.6 Å². The Morgan fingerprint density at radius 3 is 2.88 bits per heavy atom. The molecule has 0 aliphatic carbocycles. The summed E-state index contributed by atoms with van der Waals surface area (Å²) in [5, 5.41) is 11.7. The van der Waals surface area contributed by atoms with Crippen molar-refractivity contribution in [2.45, 2.75) is 12.7 Å². The standard InChI is InChI=1S/C21H18ClFN8O3/c1-34-21-14(5-12(22)6-25-21)18-16(10-30(28-18)11-17(32)29-8-13(23)9-29)27-20(33)15-7-26-31-4-2-3-24-19(15)31/h2-7,10,13H,8-9,11H2,1H3,(H,27,33). The molecule has 1 aliphatic rings. The third kappa shape index (κ3) is 4.03. The van der Waals surface area contributed by atoms with Crippen LogP contribution in [0.4, 0.5) is 10.1 Å². The number of likely N-dealkylation sites (tertiary alicyclic amines) is 1. The first-order valence-electron chi connectivity index (χ1n) is 10.2. The van der Waals surface area contributed by atoms with Gasteiger partial charge in [-0.05, 0) is 12.1 Å². The molecule has 0 unspecified atom stereocenters. The van der Waals surface area contributed by atoms with Gasteiger partial charge in [-0.15, -0.1) is 0 Å². The van der Waals surface area contributed by atoms with Gasteiger partial charge in [0.15, 0.2) is 5.65 Å². The number of nitrogens with zero attached hydrogens (tertiary/aromatic N) is 7. The number of halogens is 2. The summed E-state index contributed by atoms with van der Waals surface area (Å²) in [7, 11) is 1.44. The summed E-state index contributed by atoms with van der Waals surface area (Å²) in [6.07, 6.45) is 6.57. The first kappa shape index (κ1) is 21.8. The van der Waals surface area contributed by atoms with E-state index >= 15 is 0 Å². The summed E-state index contributed by atoms with van der Waals surface area (Å²) in [5.74, 6) is -0.529. The zero-order valence-corrected chi connectivity index (χ0v) is 18.6. The summed E-state index contributed by atoms with van der Waals surface area (Å²) < 4.78 is 21.3. The van der Waals surface area contributed by atoms with Crippen molar-refractivity contribution < 1.29 is 18.7 Å². The van der Waals surface area contributed by atoms with Crippen LogP contribution in [0.5, 0.6) is 5.88 Å². The van der Waals surface area contributed by atoms with Crippen LogP contribution in [0.3, 0.4) is 0 Å². The van der Waals surface area contributed by atoms with E-state index in [2.05, 4.69) is 25.5 Å². The number of carbonyl (C=O) groups excluding carboxylic acids is 2. The Morgan fingerprint density at radius 2 is 2.12 bits per heavy atom. The number of methoxy groups -OCH3 is 1. The van der Waals surface area contributed by atoms with Crippen LogP contribution < -0.4 is 10.1 Å². The second-order valence-electron chi connectivity index (χ2n) is 7.60. The Kier molecular flexibility index (Phi) is 5.57. The zero-order valence-electron chi connectivity index (χ0n) is 17.9. The van der Waals surface area contributed by atoms with Crippen LogP contribution in [0, 0.1) is 0 Å². The molecule has 34 heavy (non-hydrogen) atoms. The molecule has 5 rings (SSSR count). The van der Waals surface area contributed by atoms with E-state index in [1.165, 1.54) is 39.8 Å². The number of aromatic nitrogens is 6. The Labute approximate surface area is 197 Å². The Balaban J connectivity index is 1.50. The van der Waals surface area contributed by atoms with Crippen molar-refractivity contribution in [3.8, 4) is 17.1 Å². The van der Waals surface area contributed by atoms with Crippen LogP contribution in [0.25, 0.3) is 16.9 Å². The smallest absolute Gasteiger partial charge is 0.261 e. The molecule has 5 heterocycles. The highest BCUT2D eigenvalue weighted by atomic mass is 35.5. The fraction of sp³-hybridized carbons (Fsp3) is 0.238. The van der Waals surface area contributed by atoms with Crippen molar-refractivity contribution in [3.63, 3.8) is 0 Å². The maximum Gasteiger partial charge on any atom is 0.261 e. The van der Waals surface area contributed by atoms with Gasteiger partial charge in [0.05, 0.1) is 42.7 Å². The van der Waals surface area contributed by atoms with E-state index in [0.717, 1.165) is 0 Å². The number of fused-ring (bicyclic) bond motifs is 1. The number of nitrogens with one attached hydrogen (secondary N) is 1. The van der Waals surface area contributed by atoms with E-state index in [-0.39, 0.29) is 37.0 Å². The Morgan fingerprint density at radius 1 is 1.29 bits per heavy atom. The normalized spacial score (nSPS) is 13.7. The lowest BCUT2D eigenvalue weighted by Gasteiger charge is -2.34. The molecule has 1 aliphatic heterocycles. The molecular weight excluding hydrogens is 467 g/mol. The van der Waals surface area contributed by atoms with E-state index in [0.29, 0.717) is 27.6 Å². The number of amides is 2. The van der Waals surface area contributed by atoms with Crippen molar-refractivity contribution >= 4 is 34.7 Å². The largest absolute Gasteiger partial charge is 0.481 e. The number of hydrogen-bond donors (Lipinski definition) is 1. The van der Waals surface area contributed by atoms with Gasteiger partial charge in [-0.25, -0.2) is 18.9 Å². The van der Waals surface area contributed by atoms with Crippen molar-refractivity contribution in [1.82, 2.24) is 34.3 Å². The molecule has 0 bridgehead atoms. The molecule has 0 radical (unpaired) electrons. The molecule has 1 fully saturated rings. The average Bonchev–Trinajstić information content (AvgIpc) is 3.40. The highest BCUT2D eigenvalue weighted by Gasteiger charge is 2.31. The summed E-state index contributed by atoms with van der Waals surface area (Å²) in [4.78, 5) is 35.3. The number of anilines is 1. The van der Waals surface area contributed by atoms with Crippen LogP contribution in [-0.2, 0) is 11.3 Å². The quantitative estimate of drug-likeness (QED) is 0.445. The minimum atomic E-state index is -1.01. The van der Waals surface area contributed by atoms with E-state index < -0.39 is 12.1 Å². The van der Waals surface area contributed by atoms with Gasteiger partial charge in [0.2, 0.25) is 11.8 Å². The molecule has 1 N–H and O–H groups in total. The molecule has 4 aromatic rings. The predicted octanol–water partition coefficient (Wildman–Crippen LogP) is 2.08. The number of pyridine rings is 1. The monoisotopic (exact) mass is 484 g/mol. The van der Waals surface area contributed by atoms with Crippen LogP contribution in [0.1, 0.15) is 10.4 Å². The third-order valence-corrected chi connectivity index (χ3v) is 5.49. The van der Waals surface area contributed by atoms with E-state index in [1.807, 2.05) is 0 Å². The topological polar surface area (TPSA) is 120 Å². The number of alkyl halides is 1. The maximum atomic E-state index is 13.2. The minimum Gasteiger partial charge on any atom is -0.481 e. The summed E-state index contributed by atoms with van der Waals surface area (Å²) in [6.45, 7) is -0.0151. The lowest BCUT2D eigenvalue weighted by atomic mass is 10.1. The van der Waals surface area contributed by atoms with Crippen molar-refractivity contribution in [2.75, 3.05) is 25.5 Å². The van der Waals surface area contributed by atoms with Gasteiger partial charge in [0.1, 0.15) is 24.0 Å². The zero-order chi connectivity index (χ0) is 23.8. The third-order valence-electron chi connectivity index (χ3n) is 5.29. The summed E-state index contributed by atoms with van der Waals surface area (Å²) in [5.41, 5.74) is 1.64. The molecule has 0 saturated carbocycles. The molecule has 0 atom stereocenters. The van der Waals surface area contributed by atoms with E-state index in [4.69, 9.17) is 16.3 Å². The molecule has 13 heteroatoms. The number of ether oxygens (including phenoxy) is 1. The number of rotatable bonds is 6. The highest BCUT2D eigenvalue weighted by Crippen LogP contribution is 2.34. The fourth-order valence-electron chi connectivity index (χ4n) is 3.60. The molecule has 174 valence electrons. The van der Waals surface area contributed by atoms with Gasteiger partial charge in [-0.3, -0.25) is 14.3 Å². The van der Waals surface area contributed by atoms with E-state index in [9.17, 15) is 14.0 Å². The molecule has 1 saturated heterocycles. The molecule has 11 nitrogen and oxygen atoms in total.